The molecule has 0 aliphatic heterocycles. The largest absolute Gasteiger partial charge is 0.323 e. The number of nitrogens with one attached hydrogen (secondary N) is 2. The Labute approximate surface area is 179 Å². The van der Waals surface area contributed by atoms with Gasteiger partial charge >= 0.3 is 0 Å². The van der Waals surface area contributed by atoms with Gasteiger partial charge in [-0.2, -0.15) is 0 Å². The first-order valence-electron chi connectivity index (χ1n) is 9.38. The number of anilines is 2. The van der Waals surface area contributed by atoms with E-state index in [1.54, 1.807) is 12.1 Å². The van der Waals surface area contributed by atoms with Gasteiger partial charge in [-0.25, -0.2) is 23.1 Å². The van der Waals surface area contributed by atoms with Gasteiger partial charge in [0, 0.05) is 24.2 Å². The molecular formula is C23H18N4O3S. The third-order valence-corrected chi connectivity index (χ3v) is 5.81. The third kappa shape index (κ3) is 4.93. The highest BCUT2D eigenvalue weighted by Crippen LogP contribution is 2.20. The summed E-state index contributed by atoms with van der Waals surface area (Å²) in [6.45, 7) is 0. The van der Waals surface area contributed by atoms with E-state index in [-0.39, 0.29) is 16.8 Å². The van der Waals surface area contributed by atoms with Crippen LogP contribution in [0, 0.1) is 0 Å². The maximum Gasteiger partial charge on any atom is 0.264 e. The van der Waals surface area contributed by atoms with Crippen molar-refractivity contribution in [3.8, 4) is 0 Å². The molecule has 0 saturated carbocycles. The zero-order valence-electron chi connectivity index (χ0n) is 16.3. The van der Waals surface area contributed by atoms with Crippen LogP contribution < -0.4 is 10.0 Å². The molecule has 1 amide bonds. The fourth-order valence-corrected chi connectivity index (χ4v) is 3.95. The number of sulfonamides is 1. The average Bonchev–Trinajstić information content (AvgIpc) is 2.78. The van der Waals surface area contributed by atoms with Gasteiger partial charge in [-0.05, 0) is 52.7 Å². The Morgan fingerprint density at radius 2 is 1.55 bits per heavy atom. The molecule has 0 saturated heterocycles. The summed E-state index contributed by atoms with van der Waals surface area (Å²) >= 11 is 0. The van der Waals surface area contributed by atoms with Crippen molar-refractivity contribution < 1.29 is 13.2 Å². The van der Waals surface area contributed by atoms with Gasteiger partial charge in [0.1, 0.15) is 0 Å². The molecule has 4 rings (SSSR count). The molecular weight excluding hydrogens is 412 g/mol. The Morgan fingerprint density at radius 3 is 2.32 bits per heavy atom. The minimum atomic E-state index is -3.83. The number of nitrogens with zero attached hydrogens (tertiary/aromatic N) is 2. The number of fused-ring (bicyclic) bond motifs is 1. The first kappa shape index (κ1) is 20.2. The van der Waals surface area contributed by atoms with Gasteiger partial charge in [-0.15, -0.1) is 0 Å². The monoisotopic (exact) mass is 430 g/mol. The summed E-state index contributed by atoms with van der Waals surface area (Å²) < 4.78 is 27.1. The Morgan fingerprint density at radius 1 is 0.839 bits per heavy atom. The summed E-state index contributed by atoms with van der Waals surface area (Å²) in [5, 5.41) is 4.87. The van der Waals surface area contributed by atoms with E-state index in [1.807, 2.05) is 42.5 Å². The van der Waals surface area contributed by atoms with Crippen LogP contribution in [0.25, 0.3) is 16.8 Å². The number of aromatic nitrogens is 2. The molecule has 2 N–H and O–H groups in total. The molecule has 0 radical (unpaired) electrons. The fraction of sp³-hybridized carbons (Fsp3) is 0. The molecule has 31 heavy (non-hydrogen) atoms. The molecule has 1 heterocycles. The van der Waals surface area contributed by atoms with Crippen LogP contribution in [0.1, 0.15) is 5.56 Å². The molecule has 0 unspecified atom stereocenters. The summed E-state index contributed by atoms with van der Waals surface area (Å²) in [5.41, 5.74) is 1.41. The average molecular weight is 430 g/mol. The van der Waals surface area contributed by atoms with Crippen LogP contribution in [0.4, 0.5) is 11.6 Å². The number of rotatable bonds is 6. The topological polar surface area (TPSA) is 101 Å². The molecule has 0 atom stereocenters. The Balaban J connectivity index is 1.44. The highest BCUT2D eigenvalue weighted by atomic mass is 32.2. The van der Waals surface area contributed by atoms with Crippen molar-refractivity contribution in [3.05, 3.63) is 96.8 Å². The summed E-state index contributed by atoms with van der Waals surface area (Å²) in [6.07, 6.45) is 6.07. The van der Waals surface area contributed by atoms with Crippen molar-refractivity contribution in [3.63, 3.8) is 0 Å². The SMILES string of the molecule is O=C(/C=C/c1cccc2ccccc12)Nc1ccc(S(=O)(=O)Nc2ncccn2)cc1. The van der Waals surface area contributed by atoms with Gasteiger partial charge < -0.3 is 5.32 Å². The number of carbonyl (C=O) groups excluding carboxylic acids is 1. The van der Waals surface area contributed by atoms with E-state index in [2.05, 4.69) is 20.0 Å². The van der Waals surface area contributed by atoms with Crippen molar-refractivity contribution in [2.75, 3.05) is 10.0 Å². The molecule has 0 aliphatic rings. The lowest BCUT2D eigenvalue weighted by atomic mass is 10.0. The summed E-state index contributed by atoms with van der Waals surface area (Å²) in [6, 6.07) is 21.2. The standard InChI is InChI=1S/C23H18N4O3S/c28-22(14-9-18-7-3-6-17-5-1-2-8-21(17)18)26-19-10-12-20(13-11-19)31(29,30)27-23-24-15-4-16-25-23/h1-16H,(H,26,28)(H,24,25,27)/b14-9+. The molecule has 7 nitrogen and oxygen atoms in total. The second kappa shape index (κ2) is 8.76. The molecule has 8 heteroatoms. The smallest absolute Gasteiger partial charge is 0.264 e. The Bertz CT molecular complexity index is 1350. The van der Waals surface area contributed by atoms with Gasteiger partial charge in [0.25, 0.3) is 10.0 Å². The van der Waals surface area contributed by atoms with Crippen molar-refractivity contribution in [1.29, 1.82) is 0 Å². The number of benzene rings is 3. The lowest BCUT2D eigenvalue weighted by Gasteiger charge is -2.07. The molecule has 0 spiro atoms. The van der Waals surface area contributed by atoms with E-state index in [0.717, 1.165) is 16.3 Å². The first-order chi connectivity index (χ1) is 15.0. The van der Waals surface area contributed by atoms with Crippen molar-refractivity contribution in [2.45, 2.75) is 4.90 Å². The van der Waals surface area contributed by atoms with Crippen LogP contribution in [0.5, 0.6) is 0 Å². The predicted molar refractivity (Wildman–Crippen MR) is 121 cm³/mol. The first-order valence-corrected chi connectivity index (χ1v) is 10.9. The van der Waals surface area contributed by atoms with Crippen molar-refractivity contribution in [1.82, 2.24) is 9.97 Å². The lowest BCUT2D eigenvalue weighted by Crippen LogP contribution is -2.15. The molecule has 1 aromatic heterocycles. The van der Waals surface area contributed by atoms with Gasteiger partial charge in [0.2, 0.25) is 11.9 Å². The van der Waals surface area contributed by atoms with E-state index < -0.39 is 10.0 Å². The summed E-state index contributed by atoms with van der Waals surface area (Å²) in [5.74, 6) is -0.335. The van der Waals surface area contributed by atoms with Gasteiger partial charge in [0.05, 0.1) is 4.90 Å². The zero-order chi connectivity index (χ0) is 21.7. The highest BCUT2D eigenvalue weighted by Gasteiger charge is 2.15. The van der Waals surface area contributed by atoms with Gasteiger partial charge in [-0.1, -0.05) is 42.5 Å². The molecule has 4 aromatic rings. The molecule has 154 valence electrons. The van der Waals surface area contributed by atoms with E-state index in [4.69, 9.17) is 0 Å². The van der Waals surface area contributed by atoms with E-state index in [9.17, 15) is 13.2 Å². The van der Waals surface area contributed by atoms with Crippen molar-refractivity contribution in [2.24, 2.45) is 0 Å². The maximum absolute atomic E-state index is 12.4. The summed E-state index contributed by atoms with van der Waals surface area (Å²) in [4.78, 5) is 20.0. The molecule has 0 aliphatic carbocycles. The highest BCUT2D eigenvalue weighted by molar-refractivity contribution is 7.92. The number of carbonyl (C=O) groups is 1. The fourth-order valence-electron chi connectivity index (χ4n) is 2.99. The van der Waals surface area contributed by atoms with E-state index in [1.165, 1.54) is 42.7 Å². The minimum absolute atomic E-state index is 0.0153. The summed E-state index contributed by atoms with van der Waals surface area (Å²) in [7, 11) is -3.83. The second-order valence-electron chi connectivity index (χ2n) is 6.59. The Hall–Kier alpha value is -4.04. The van der Waals surface area contributed by atoms with Crippen LogP contribution in [-0.4, -0.2) is 24.3 Å². The van der Waals surface area contributed by atoms with Gasteiger partial charge in [0.15, 0.2) is 0 Å². The van der Waals surface area contributed by atoms with Crippen molar-refractivity contribution >= 4 is 44.4 Å². The predicted octanol–water partition coefficient (Wildman–Crippen LogP) is 4.08. The molecule has 0 fully saturated rings. The molecule has 3 aromatic carbocycles. The zero-order valence-corrected chi connectivity index (χ0v) is 17.1. The number of amides is 1. The number of hydrogen-bond acceptors (Lipinski definition) is 5. The minimum Gasteiger partial charge on any atom is -0.323 e. The maximum atomic E-state index is 12.4. The van der Waals surface area contributed by atoms with E-state index >= 15 is 0 Å². The van der Waals surface area contributed by atoms with Crippen LogP contribution in [-0.2, 0) is 14.8 Å². The Kier molecular flexibility index (Phi) is 5.72. The van der Waals surface area contributed by atoms with Crippen LogP contribution >= 0.6 is 0 Å². The normalized spacial score (nSPS) is 11.5. The number of hydrogen-bond donors (Lipinski definition) is 2. The van der Waals surface area contributed by atoms with Crippen LogP contribution in [0.3, 0.4) is 0 Å². The third-order valence-electron chi connectivity index (χ3n) is 4.46. The van der Waals surface area contributed by atoms with Crippen LogP contribution in [0.2, 0.25) is 0 Å². The second-order valence-corrected chi connectivity index (χ2v) is 8.28. The van der Waals surface area contributed by atoms with Gasteiger partial charge in [-0.3, -0.25) is 4.79 Å². The quantitative estimate of drug-likeness (QED) is 0.449. The van der Waals surface area contributed by atoms with Crippen LogP contribution in [0.15, 0.2) is 96.2 Å². The van der Waals surface area contributed by atoms with E-state index in [0.29, 0.717) is 5.69 Å². The lowest BCUT2D eigenvalue weighted by molar-refractivity contribution is -0.111. The molecule has 0 bridgehead atoms.